The average Bonchev–Trinajstić information content (AvgIpc) is 2.67. The lowest BCUT2D eigenvalue weighted by Gasteiger charge is -2.02. The van der Waals surface area contributed by atoms with Crippen LogP contribution in [-0.2, 0) is 7.05 Å². The van der Waals surface area contributed by atoms with Gasteiger partial charge in [0.05, 0.1) is 12.7 Å². The Morgan fingerprint density at radius 1 is 1.53 bits per heavy atom. The van der Waals surface area contributed by atoms with Crippen LogP contribution in [0.15, 0.2) is 24.5 Å². The molecule has 2 aromatic rings. The van der Waals surface area contributed by atoms with E-state index in [-0.39, 0.29) is 11.6 Å². The maximum absolute atomic E-state index is 11.2. The number of hydrogen-bond donors (Lipinski definition) is 1. The summed E-state index contributed by atoms with van der Waals surface area (Å²) in [6.07, 6.45) is 3.19. The Labute approximate surface area is 97.5 Å². The SMILES string of the molecule is COc1nn(C)c(C(=O)O)c1-c1cccnc1. The predicted molar refractivity (Wildman–Crippen MR) is 60.0 cm³/mol. The van der Waals surface area contributed by atoms with Gasteiger partial charge < -0.3 is 9.84 Å². The molecule has 2 rings (SSSR count). The van der Waals surface area contributed by atoms with E-state index < -0.39 is 5.97 Å². The molecule has 0 amide bonds. The van der Waals surface area contributed by atoms with Crippen molar-refractivity contribution in [3.05, 3.63) is 30.2 Å². The van der Waals surface area contributed by atoms with Crippen LogP contribution in [0, 0.1) is 0 Å². The Kier molecular flexibility index (Phi) is 2.78. The number of carboxylic acid groups (broad SMARTS) is 1. The topological polar surface area (TPSA) is 77.2 Å². The third-order valence-corrected chi connectivity index (χ3v) is 2.36. The molecular weight excluding hydrogens is 222 g/mol. The Balaban J connectivity index is 2.70. The van der Waals surface area contributed by atoms with Gasteiger partial charge in [0.1, 0.15) is 0 Å². The monoisotopic (exact) mass is 233 g/mol. The van der Waals surface area contributed by atoms with Gasteiger partial charge in [-0.1, -0.05) is 6.07 Å². The fourth-order valence-electron chi connectivity index (χ4n) is 1.66. The van der Waals surface area contributed by atoms with Crippen LogP contribution in [0.5, 0.6) is 5.88 Å². The molecule has 0 atom stereocenters. The summed E-state index contributed by atoms with van der Waals surface area (Å²) in [5, 5.41) is 13.2. The minimum atomic E-state index is -1.05. The van der Waals surface area contributed by atoms with Crippen LogP contribution in [0.2, 0.25) is 0 Å². The third kappa shape index (κ3) is 1.84. The van der Waals surface area contributed by atoms with Gasteiger partial charge in [0.25, 0.3) is 0 Å². The second kappa shape index (κ2) is 4.25. The van der Waals surface area contributed by atoms with E-state index >= 15 is 0 Å². The zero-order valence-electron chi connectivity index (χ0n) is 9.41. The lowest BCUT2D eigenvalue weighted by molar-refractivity contribution is 0.0686. The van der Waals surface area contributed by atoms with Crippen LogP contribution in [0.1, 0.15) is 10.5 Å². The largest absolute Gasteiger partial charge is 0.479 e. The summed E-state index contributed by atoms with van der Waals surface area (Å²) in [7, 11) is 3.01. The van der Waals surface area contributed by atoms with E-state index in [1.807, 2.05) is 0 Å². The van der Waals surface area contributed by atoms with Gasteiger partial charge in [-0.05, 0) is 6.07 Å². The van der Waals surface area contributed by atoms with Crippen molar-refractivity contribution in [3.63, 3.8) is 0 Å². The highest BCUT2D eigenvalue weighted by Gasteiger charge is 2.23. The highest BCUT2D eigenvalue weighted by Crippen LogP contribution is 2.31. The Morgan fingerprint density at radius 2 is 2.29 bits per heavy atom. The van der Waals surface area contributed by atoms with Crippen LogP contribution in [0.25, 0.3) is 11.1 Å². The van der Waals surface area contributed by atoms with Crippen molar-refractivity contribution in [2.75, 3.05) is 7.11 Å². The Hall–Kier alpha value is -2.37. The van der Waals surface area contributed by atoms with Crippen molar-refractivity contribution in [1.82, 2.24) is 14.8 Å². The Morgan fingerprint density at radius 3 is 2.82 bits per heavy atom. The van der Waals surface area contributed by atoms with E-state index in [1.165, 1.54) is 11.8 Å². The highest BCUT2D eigenvalue weighted by molar-refractivity contribution is 5.95. The number of aromatic nitrogens is 3. The summed E-state index contributed by atoms with van der Waals surface area (Å²) in [6, 6.07) is 3.49. The van der Waals surface area contributed by atoms with Crippen LogP contribution in [0.4, 0.5) is 0 Å². The molecule has 0 aliphatic heterocycles. The molecule has 0 saturated carbocycles. The molecule has 0 spiro atoms. The van der Waals surface area contributed by atoms with Gasteiger partial charge in [0, 0.05) is 25.0 Å². The maximum Gasteiger partial charge on any atom is 0.354 e. The van der Waals surface area contributed by atoms with Crippen LogP contribution >= 0.6 is 0 Å². The molecule has 17 heavy (non-hydrogen) atoms. The van der Waals surface area contributed by atoms with Crippen LogP contribution in [0.3, 0.4) is 0 Å². The molecule has 0 radical (unpaired) electrons. The Bertz CT molecular complexity index is 549. The second-order valence-corrected chi connectivity index (χ2v) is 3.40. The maximum atomic E-state index is 11.2. The first-order chi connectivity index (χ1) is 8.15. The number of rotatable bonds is 3. The van der Waals surface area contributed by atoms with Gasteiger partial charge in [0.15, 0.2) is 5.69 Å². The lowest BCUT2D eigenvalue weighted by Crippen LogP contribution is -2.06. The number of pyridine rings is 1. The predicted octanol–water partition coefficient (Wildman–Crippen LogP) is 1.19. The standard InChI is InChI=1S/C11H11N3O3/c1-14-9(11(15)16)8(10(13-14)17-2)7-4-3-5-12-6-7/h3-6H,1-2H3,(H,15,16). The van der Waals surface area contributed by atoms with Gasteiger partial charge in [-0.25, -0.2) is 4.79 Å². The summed E-state index contributed by atoms with van der Waals surface area (Å²) >= 11 is 0. The minimum absolute atomic E-state index is 0.0786. The van der Waals surface area contributed by atoms with Crippen LogP contribution < -0.4 is 4.74 Å². The summed E-state index contributed by atoms with van der Waals surface area (Å²) < 4.78 is 6.37. The first-order valence-corrected chi connectivity index (χ1v) is 4.89. The van der Waals surface area contributed by atoms with Gasteiger partial charge in [-0.2, -0.15) is 0 Å². The van der Waals surface area contributed by atoms with Crippen molar-refractivity contribution in [2.24, 2.45) is 7.05 Å². The zero-order valence-corrected chi connectivity index (χ0v) is 9.41. The van der Waals surface area contributed by atoms with Crippen molar-refractivity contribution < 1.29 is 14.6 Å². The molecule has 0 bridgehead atoms. The van der Waals surface area contributed by atoms with Crippen molar-refractivity contribution in [1.29, 1.82) is 0 Å². The fraction of sp³-hybridized carbons (Fsp3) is 0.182. The van der Waals surface area contributed by atoms with E-state index in [2.05, 4.69) is 10.1 Å². The first-order valence-electron chi connectivity index (χ1n) is 4.89. The van der Waals surface area contributed by atoms with Crippen molar-refractivity contribution >= 4 is 5.97 Å². The summed E-state index contributed by atoms with van der Waals surface area (Å²) in [5.74, 6) is -0.778. The summed E-state index contributed by atoms with van der Waals surface area (Å²) in [6.45, 7) is 0. The molecular formula is C11H11N3O3. The van der Waals surface area contributed by atoms with E-state index in [9.17, 15) is 9.90 Å². The fourth-order valence-corrected chi connectivity index (χ4v) is 1.66. The molecule has 88 valence electrons. The number of carboxylic acids is 1. The normalized spacial score (nSPS) is 10.2. The number of carbonyl (C=O) groups is 1. The zero-order chi connectivity index (χ0) is 12.4. The number of aromatic carboxylic acids is 1. The van der Waals surface area contributed by atoms with Gasteiger partial charge >= 0.3 is 5.97 Å². The van der Waals surface area contributed by atoms with E-state index in [0.29, 0.717) is 11.1 Å². The van der Waals surface area contributed by atoms with Gasteiger partial charge in [-0.3, -0.25) is 9.67 Å². The first kappa shape index (κ1) is 11.1. The third-order valence-electron chi connectivity index (χ3n) is 2.36. The average molecular weight is 233 g/mol. The van der Waals surface area contributed by atoms with Gasteiger partial charge in [-0.15, -0.1) is 5.10 Å². The molecule has 2 heterocycles. The number of aryl methyl sites for hydroxylation is 1. The molecule has 0 unspecified atom stereocenters. The quantitative estimate of drug-likeness (QED) is 0.861. The lowest BCUT2D eigenvalue weighted by atomic mass is 10.1. The number of nitrogens with zero attached hydrogens (tertiary/aromatic N) is 3. The van der Waals surface area contributed by atoms with E-state index in [4.69, 9.17) is 4.74 Å². The van der Waals surface area contributed by atoms with Crippen molar-refractivity contribution in [3.8, 4) is 17.0 Å². The van der Waals surface area contributed by atoms with Crippen LogP contribution in [-0.4, -0.2) is 33.0 Å². The molecule has 6 nitrogen and oxygen atoms in total. The molecule has 0 aliphatic rings. The van der Waals surface area contributed by atoms with Crippen molar-refractivity contribution in [2.45, 2.75) is 0 Å². The molecule has 2 aromatic heterocycles. The number of methoxy groups -OCH3 is 1. The molecule has 0 fully saturated rings. The minimum Gasteiger partial charge on any atom is -0.479 e. The molecule has 0 saturated heterocycles. The molecule has 0 aliphatic carbocycles. The summed E-state index contributed by atoms with van der Waals surface area (Å²) in [5.41, 5.74) is 1.18. The van der Waals surface area contributed by atoms with E-state index in [1.54, 1.807) is 31.6 Å². The smallest absolute Gasteiger partial charge is 0.354 e. The molecule has 6 heteroatoms. The van der Waals surface area contributed by atoms with Gasteiger partial charge in [0.2, 0.25) is 5.88 Å². The highest BCUT2D eigenvalue weighted by atomic mass is 16.5. The molecule has 0 aromatic carbocycles. The van der Waals surface area contributed by atoms with E-state index in [0.717, 1.165) is 0 Å². The number of hydrogen-bond acceptors (Lipinski definition) is 4. The molecule has 1 N–H and O–H groups in total. The number of ether oxygens (including phenoxy) is 1. The second-order valence-electron chi connectivity index (χ2n) is 3.40. The summed E-state index contributed by atoms with van der Waals surface area (Å²) in [4.78, 5) is 15.2.